The smallest absolute Gasteiger partial charge is 0.302 e. The molecule has 1 unspecified atom stereocenters. The molecule has 6 nitrogen and oxygen atoms in total. The van der Waals surface area contributed by atoms with Gasteiger partial charge in [0.15, 0.2) is 0 Å². The zero-order valence-electron chi connectivity index (χ0n) is 14.5. The summed E-state index contributed by atoms with van der Waals surface area (Å²) in [6.07, 6.45) is 2.98. The minimum absolute atomic E-state index is 0.0222. The number of rotatable bonds is 3. The van der Waals surface area contributed by atoms with Gasteiger partial charge in [-0.3, -0.25) is 14.5 Å². The van der Waals surface area contributed by atoms with Gasteiger partial charge in [0.25, 0.3) is 5.78 Å². The second-order valence-electron chi connectivity index (χ2n) is 6.14. The molecule has 0 radical (unpaired) electrons. The average molecular weight is 392 g/mol. The van der Waals surface area contributed by atoms with Crippen molar-refractivity contribution in [3.8, 4) is 0 Å². The largest absolute Gasteiger partial charge is 0.507 e. The van der Waals surface area contributed by atoms with E-state index in [9.17, 15) is 14.7 Å². The Bertz CT molecular complexity index is 1070. The van der Waals surface area contributed by atoms with Crippen molar-refractivity contribution >= 4 is 35.0 Å². The number of amides is 1. The summed E-state index contributed by atoms with van der Waals surface area (Å²) in [5, 5.41) is 11.4. The highest BCUT2D eigenvalue weighted by molar-refractivity contribution is 6.51. The molecule has 4 rings (SSSR count). The van der Waals surface area contributed by atoms with Crippen LogP contribution in [0.25, 0.3) is 5.76 Å². The second-order valence-corrected chi connectivity index (χ2v) is 6.57. The summed E-state index contributed by atoms with van der Waals surface area (Å²) in [6, 6.07) is 16.1. The van der Waals surface area contributed by atoms with E-state index in [-0.39, 0.29) is 17.3 Å². The predicted molar refractivity (Wildman–Crippen MR) is 105 cm³/mol. The van der Waals surface area contributed by atoms with Gasteiger partial charge in [-0.1, -0.05) is 41.9 Å². The number of aliphatic hydroxyl groups excluding tert-OH is 1. The van der Waals surface area contributed by atoms with E-state index in [1.54, 1.807) is 54.6 Å². The zero-order chi connectivity index (χ0) is 19.7. The number of aliphatic hydroxyl groups is 1. The lowest BCUT2D eigenvalue weighted by atomic mass is 9.95. The Morgan fingerprint density at radius 3 is 2.21 bits per heavy atom. The van der Waals surface area contributed by atoms with Gasteiger partial charge >= 0.3 is 5.91 Å². The molecule has 0 spiro atoms. The molecule has 1 aliphatic heterocycles. The lowest BCUT2D eigenvalue weighted by molar-refractivity contribution is -0.132. The summed E-state index contributed by atoms with van der Waals surface area (Å²) in [6.45, 7) is 0. The number of benzene rings is 2. The number of aromatic nitrogens is 2. The van der Waals surface area contributed by atoms with Gasteiger partial charge in [0.2, 0.25) is 5.95 Å². The Hall–Kier alpha value is -3.51. The van der Waals surface area contributed by atoms with Crippen LogP contribution in [0.2, 0.25) is 5.02 Å². The highest BCUT2D eigenvalue weighted by atomic mass is 35.5. The molecule has 0 bridgehead atoms. The molecule has 28 heavy (non-hydrogen) atoms. The van der Waals surface area contributed by atoms with Gasteiger partial charge in [0, 0.05) is 23.0 Å². The molecule has 2 aromatic carbocycles. The molecular formula is C21H14ClN3O3. The molecule has 1 fully saturated rings. The topological polar surface area (TPSA) is 83.4 Å². The van der Waals surface area contributed by atoms with Gasteiger partial charge in [0.05, 0.1) is 11.6 Å². The maximum absolute atomic E-state index is 12.9. The van der Waals surface area contributed by atoms with Crippen molar-refractivity contribution in [1.82, 2.24) is 9.97 Å². The van der Waals surface area contributed by atoms with E-state index in [0.29, 0.717) is 16.1 Å². The molecule has 1 amide bonds. The summed E-state index contributed by atoms with van der Waals surface area (Å²) in [7, 11) is 0. The van der Waals surface area contributed by atoms with Crippen molar-refractivity contribution in [2.45, 2.75) is 6.04 Å². The van der Waals surface area contributed by atoms with Crippen LogP contribution in [0.4, 0.5) is 5.95 Å². The quantitative estimate of drug-likeness (QED) is 0.417. The normalized spacial score (nSPS) is 18.5. The SMILES string of the molecule is O=C1C(=O)N(c2ncccn2)C(c2ccccc2)/C1=C(\O)c1ccc(Cl)cc1. The van der Waals surface area contributed by atoms with Crippen LogP contribution in [0, 0.1) is 0 Å². The molecule has 3 aromatic rings. The van der Waals surface area contributed by atoms with E-state index in [1.807, 2.05) is 6.07 Å². The van der Waals surface area contributed by atoms with Crippen LogP contribution in [0.1, 0.15) is 17.2 Å². The molecule has 1 aliphatic rings. The van der Waals surface area contributed by atoms with Crippen LogP contribution in [-0.2, 0) is 9.59 Å². The molecule has 1 N–H and O–H groups in total. The first kappa shape index (κ1) is 17.9. The Morgan fingerprint density at radius 2 is 1.57 bits per heavy atom. The third-order valence-corrected chi connectivity index (χ3v) is 4.70. The van der Waals surface area contributed by atoms with Gasteiger partial charge in [-0.25, -0.2) is 9.97 Å². The van der Waals surface area contributed by atoms with Gasteiger partial charge in [-0.05, 0) is 35.9 Å². The number of anilines is 1. The summed E-state index contributed by atoms with van der Waals surface area (Å²) < 4.78 is 0. The van der Waals surface area contributed by atoms with Gasteiger partial charge in [-0.15, -0.1) is 0 Å². The Labute approximate surface area is 165 Å². The lowest BCUT2D eigenvalue weighted by Gasteiger charge is -2.23. The van der Waals surface area contributed by atoms with Gasteiger partial charge in [-0.2, -0.15) is 0 Å². The van der Waals surface area contributed by atoms with Crippen molar-refractivity contribution < 1.29 is 14.7 Å². The fourth-order valence-corrected chi connectivity index (χ4v) is 3.29. The van der Waals surface area contributed by atoms with E-state index in [0.717, 1.165) is 0 Å². The minimum atomic E-state index is -0.848. The molecule has 7 heteroatoms. The van der Waals surface area contributed by atoms with Crippen LogP contribution >= 0.6 is 11.6 Å². The van der Waals surface area contributed by atoms with Crippen molar-refractivity contribution in [2.24, 2.45) is 0 Å². The Balaban J connectivity index is 1.94. The second kappa shape index (κ2) is 7.25. The Kier molecular flexibility index (Phi) is 4.63. The maximum Gasteiger partial charge on any atom is 0.302 e. The fraction of sp³-hybridized carbons (Fsp3) is 0.0476. The van der Waals surface area contributed by atoms with Gasteiger partial charge in [0.1, 0.15) is 5.76 Å². The number of halogens is 1. The number of Topliss-reactive ketones (excluding diaryl/α,β-unsaturated/α-hetero) is 1. The summed E-state index contributed by atoms with van der Waals surface area (Å²) in [5.74, 6) is -1.78. The van der Waals surface area contributed by atoms with Crippen molar-refractivity contribution in [3.63, 3.8) is 0 Å². The van der Waals surface area contributed by atoms with E-state index in [4.69, 9.17) is 11.6 Å². The lowest BCUT2D eigenvalue weighted by Crippen LogP contribution is -2.31. The van der Waals surface area contributed by atoms with Crippen LogP contribution in [0.3, 0.4) is 0 Å². The molecule has 0 saturated carbocycles. The monoisotopic (exact) mass is 391 g/mol. The van der Waals surface area contributed by atoms with Crippen LogP contribution in [-0.4, -0.2) is 26.8 Å². The summed E-state index contributed by atoms with van der Waals surface area (Å²) >= 11 is 5.91. The first-order valence-corrected chi connectivity index (χ1v) is 8.84. The molecule has 0 aliphatic carbocycles. The molecule has 1 atom stereocenters. The molecule has 1 saturated heterocycles. The van der Waals surface area contributed by atoms with Crippen LogP contribution < -0.4 is 4.90 Å². The highest BCUT2D eigenvalue weighted by Gasteiger charge is 2.48. The minimum Gasteiger partial charge on any atom is -0.507 e. The number of carbonyl (C=O) groups is 2. The van der Waals surface area contributed by atoms with Crippen LogP contribution in [0.15, 0.2) is 78.6 Å². The Morgan fingerprint density at radius 1 is 0.929 bits per heavy atom. The predicted octanol–water partition coefficient (Wildman–Crippen LogP) is 3.76. The van der Waals surface area contributed by atoms with Crippen LogP contribution in [0.5, 0.6) is 0 Å². The van der Waals surface area contributed by atoms with Crippen molar-refractivity contribution in [3.05, 3.63) is 94.8 Å². The first-order chi connectivity index (χ1) is 13.6. The summed E-state index contributed by atoms with van der Waals surface area (Å²) in [5.41, 5.74) is 1.02. The molecule has 1 aromatic heterocycles. The molecule has 2 heterocycles. The first-order valence-electron chi connectivity index (χ1n) is 8.47. The number of carbonyl (C=O) groups excluding carboxylic acids is 2. The fourth-order valence-electron chi connectivity index (χ4n) is 3.17. The van der Waals surface area contributed by atoms with Crippen molar-refractivity contribution in [1.29, 1.82) is 0 Å². The number of hydrogen-bond donors (Lipinski definition) is 1. The average Bonchev–Trinajstić information content (AvgIpc) is 3.00. The third kappa shape index (κ3) is 3.04. The third-order valence-electron chi connectivity index (χ3n) is 4.45. The van der Waals surface area contributed by atoms with E-state index in [1.165, 1.54) is 17.3 Å². The number of hydrogen-bond acceptors (Lipinski definition) is 5. The van der Waals surface area contributed by atoms with Gasteiger partial charge < -0.3 is 5.11 Å². The summed E-state index contributed by atoms with van der Waals surface area (Å²) in [4.78, 5) is 35.1. The zero-order valence-corrected chi connectivity index (χ0v) is 15.2. The van der Waals surface area contributed by atoms with E-state index < -0.39 is 17.7 Å². The number of nitrogens with zero attached hydrogens (tertiary/aromatic N) is 3. The maximum atomic E-state index is 12.9. The van der Waals surface area contributed by atoms with Crippen molar-refractivity contribution in [2.75, 3.05) is 4.90 Å². The molecule has 138 valence electrons. The van der Waals surface area contributed by atoms with E-state index >= 15 is 0 Å². The molecular weight excluding hydrogens is 378 g/mol. The highest BCUT2D eigenvalue weighted by Crippen LogP contribution is 2.40. The number of ketones is 1. The van der Waals surface area contributed by atoms with E-state index in [2.05, 4.69) is 9.97 Å². The standard InChI is InChI=1S/C21H14ClN3O3/c22-15-9-7-14(8-10-15)18(26)16-17(13-5-2-1-3-6-13)25(20(28)19(16)27)21-23-11-4-12-24-21/h1-12,17,26H/b18-16+.